The zero-order chi connectivity index (χ0) is 9.90. The van der Waals surface area contributed by atoms with Crippen molar-refractivity contribution in [1.29, 1.82) is 0 Å². The highest BCUT2D eigenvalue weighted by molar-refractivity contribution is 4.90. The van der Waals surface area contributed by atoms with Crippen molar-refractivity contribution in [1.82, 2.24) is 4.90 Å². The minimum absolute atomic E-state index is 0.406. The predicted molar refractivity (Wildman–Crippen MR) is 55.8 cm³/mol. The molecule has 0 aromatic carbocycles. The number of piperidine rings is 1. The SMILES string of the molecule is CCC(CC)C1(O)CCCN(C)C1. The maximum absolute atomic E-state index is 10.5. The molecule has 0 spiro atoms. The summed E-state index contributed by atoms with van der Waals surface area (Å²) in [5, 5.41) is 10.5. The Hall–Kier alpha value is -0.0800. The summed E-state index contributed by atoms with van der Waals surface area (Å²) < 4.78 is 0. The number of hydrogen-bond acceptors (Lipinski definition) is 2. The number of hydrogen-bond donors (Lipinski definition) is 1. The molecule has 0 saturated carbocycles. The number of likely N-dealkylation sites (tertiary alicyclic amines) is 1. The third kappa shape index (κ3) is 2.44. The first-order chi connectivity index (χ1) is 6.12. The van der Waals surface area contributed by atoms with Crippen molar-refractivity contribution in [2.24, 2.45) is 5.92 Å². The Morgan fingerprint density at radius 1 is 1.38 bits per heavy atom. The van der Waals surface area contributed by atoms with E-state index < -0.39 is 5.60 Å². The highest BCUT2D eigenvalue weighted by Gasteiger charge is 2.37. The van der Waals surface area contributed by atoms with Gasteiger partial charge in [0.2, 0.25) is 0 Å². The number of aliphatic hydroxyl groups is 1. The van der Waals surface area contributed by atoms with Gasteiger partial charge in [0, 0.05) is 6.54 Å². The molecule has 1 unspecified atom stereocenters. The largest absolute Gasteiger partial charge is 0.388 e. The highest BCUT2D eigenvalue weighted by Crippen LogP contribution is 2.32. The maximum atomic E-state index is 10.5. The molecule has 0 bridgehead atoms. The van der Waals surface area contributed by atoms with Crippen LogP contribution in [-0.4, -0.2) is 35.7 Å². The van der Waals surface area contributed by atoms with Gasteiger partial charge in [0.25, 0.3) is 0 Å². The van der Waals surface area contributed by atoms with Crippen LogP contribution in [0.1, 0.15) is 39.5 Å². The minimum atomic E-state index is -0.406. The first-order valence-electron chi connectivity index (χ1n) is 5.53. The van der Waals surface area contributed by atoms with Gasteiger partial charge in [-0.2, -0.15) is 0 Å². The van der Waals surface area contributed by atoms with Gasteiger partial charge in [-0.05, 0) is 32.4 Å². The van der Waals surface area contributed by atoms with Gasteiger partial charge in [-0.15, -0.1) is 0 Å². The van der Waals surface area contributed by atoms with Gasteiger partial charge in [0.1, 0.15) is 0 Å². The number of β-amino-alcohol motifs (C(OH)–C–C–N with tert-alkyl or cyclic N) is 1. The van der Waals surface area contributed by atoms with E-state index in [2.05, 4.69) is 25.8 Å². The molecule has 1 rings (SSSR count). The molecule has 78 valence electrons. The molecule has 13 heavy (non-hydrogen) atoms. The molecule has 1 fully saturated rings. The maximum Gasteiger partial charge on any atom is 0.0802 e. The molecule has 1 atom stereocenters. The van der Waals surface area contributed by atoms with E-state index in [1.807, 2.05) is 0 Å². The van der Waals surface area contributed by atoms with E-state index in [1.165, 1.54) is 0 Å². The molecule has 1 aliphatic rings. The molecule has 0 amide bonds. The molecule has 0 aromatic heterocycles. The van der Waals surface area contributed by atoms with Crippen molar-refractivity contribution >= 4 is 0 Å². The molecule has 1 saturated heterocycles. The Morgan fingerprint density at radius 2 is 2.00 bits per heavy atom. The molecule has 2 nitrogen and oxygen atoms in total. The van der Waals surface area contributed by atoms with Crippen LogP contribution in [-0.2, 0) is 0 Å². The second kappa shape index (κ2) is 4.43. The molecule has 0 aliphatic carbocycles. The van der Waals surface area contributed by atoms with Crippen molar-refractivity contribution < 1.29 is 5.11 Å². The Morgan fingerprint density at radius 3 is 2.46 bits per heavy atom. The molecule has 1 aliphatic heterocycles. The Bertz CT molecular complexity index is 156. The van der Waals surface area contributed by atoms with Gasteiger partial charge in [-0.25, -0.2) is 0 Å². The lowest BCUT2D eigenvalue weighted by molar-refractivity contribution is -0.0713. The lowest BCUT2D eigenvalue weighted by Crippen LogP contribution is -2.51. The van der Waals surface area contributed by atoms with E-state index in [-0.39, 0.29) is 0 Å². The third-order valence-electron chi connectivity index (χ3n) is 3.44. The van der Waals surface area contributed by atoms with Gasteiger partial charge < -0.3 is 10.0 Å². The van der Waals surface area contributed by atoms with Crippen LogP contribution in [0.2, 0.25) is 0 Å². The van der Waals surface area contributed by atoms with Crippen LogP contribution in [0.5, 0.6) is 0 Å². The van der Waals surface area contributed by atoms with Gasteiger partial charge in [-0.1, -0.05) is 26.7 Å². The number of rotatable bonds is 3. The van der Waals surface area contributed by atoms with Crippen molar-refractivity contribution in [2.45, 2.75) is 45.1 Å². The van der Waals surface area contributed by atoms with Crippen molar-refractivity contribution in [2.75, 3.05) is 20.1 Å². The van der Waals surface area contributed by atoms with E-state index in [1.54, 1.807) is 0 Å². The lowest BCUT2D eigenvalue weighted by atomic mass is 9.78. The van der Waals surface area contributed by atoms with Gasteiger partial charge >= 0.3 is 0 Å². The Labute approximate surface area is 81.9 Å². The summed E-state index contributed by atoms with van der Waals surface area (Å²) in [6, 6.07) is 0. The van der Waals surface area contributed by atoms with Crippen LogP contribution in [0.15, 0.2) is 0 Å². The molecule has 1 heterocycles. The average molecular weight is 185 g/mol. The zero-order valence-electron chi connectivity index (χ0n) is 9.21. The lowest BCUT2D eigenvalue weighted by Gasteiger charge is -2.42. The monoisotopic (exact) mass is 185 g/mol. The van der Waals surface area contributed by atoms with Crippen LogP contribution in [0.3, 0.4) is 0 Å². The van der Waals surface area contributed by atoms with Crippen LogP contribution in [0.4, 0.5) is 0 Å². The summed E-state index contributed by atoms with van der Waals surface area (Å²) >= 11 is 0. The van der Waals surface area contributed by atoms with Crippen LogP contribution in [0, 0.1) is 5.92 Å². The van der Waals surface area contributed by atoms with Crippen LogP contribution >= 0.6 is 0 Å². The predicted octanol–water partition coefficient (Wildman–Crippen LogP) is 1.88. The summed E-state index contributed by atoms with van der Waals surface area (Å²) in [5.74, 6) is 0.482. The fraction of sp³-hybridized carbons (Fsp3) is 1.00. The number of likely N-dealkylation sites (N-methyl/N-ethyl adjacent to an activating group) is 1. The second-order valence-electron chi connectivity index (χ2n) is 4.46. The summed E-state index contributed by atoms with van der Waals surface area (Å²) in [7, 11) is 2.10. The summed E-state index contributed by atoms with van der Waals surface area (Å²) in [5.41, 5.74) is -0.406. The Balaban J connectivity index is 2.61. The normalized spacial score (nSPS) is 31.2. The second-order valence-corrected chi connectivity index (χ2v) is 4.46. The standard InChI is InChI=1S/C11H23NO/c1-4-10(5-2)11(13)7-6-8-12(3)9-11/h10,13H,4-9H2,1-3H3. The zero-order valence-corrected chi connectivity index (χ0v) is 9.21. The van der Waals surface area contributed by atoms with E-state index in [0.717, 1.165) is 38.8 Å². The smallest absolute Gasteiger partial charge is 0.0802 e. The molecule has 0 aromatic rings. The van der Waals surface area contributed by atoms with E-state index >= 15 is 0 Å². The van der Waals surface area contributed by atoms with Crippen LogP contribution < -0.4 is 0 Å². The van der Waals surface area contributed by atoms with Crippen molar-refractivity contribution in [3.63, 3.8) is 0 Å². The van der Waals surface area contributed by atoms with E-state index in [4.69, 9.17) is 0 Å². The third-order valence-corrected chi connectivity index (χ3v) is 3.44. The fourth-order valence-corrected chi connectivity index (χ4v) is 2.66. The molecule has 1 N–H and O–H groups in total. The summed E-state index contributed by atoms with van der Waals surface area (Å²) in [4.78, 5) is 2.25. The average Bonchev–Trinajstić information content (AvgIpc) is 2.05. The van der Waals surface area contributed by atoms with Gasteiger partial charge in [0.05, 0.1) is 5.60 Å². The summed E-state index contributed by atoms with van der Waals surface area (Å²) in [6.07, 6.45) is 4.33. The van der Waals surface area contributed by atoms with Crippen LogP contribution in [0.25, 0.3) is 0 Å². The van der Waals surface area contributed by atoms with Crippen molar-refractivity contribution in [3.05, 3.63) is 0 Å². The van der Waals surface area contributed by atoms with Gasteiger partial charge in [-0.3, -0.25) is 0 Å². The van der Waals surface area contributed by atoms with Crippen molar-refractivity contribution in [3.8, 4) is 0 Å². The van der Waals surface area contributed by atoms with E-state index in [0.29, 0.717) is 5.92 Å². The highest BCUT2D eigenvalue weighted by atomic mass is 16.3. The number of nitrogens with zero attached hydrogens (tertiary/aromatic N) is 1. The molecule has 2 heteroatoms. The molecule has 0 radical (unpaired) electrons. The quantitative estimate of drug-likeness (QED) is 0.725. The minimum Gasteiger partial charge on any atom is -0.388 e. The van der Waals surface area contributed by atoms with Gasteiger partial charge in [0.15, 0.2) is 0 Å². The first kappa shape index (κ1) is 11.0. The Kier molecular flexibility index (Phi) is 3.74. The molecular formula is C11H23NO. The molecular weight excluding hydrogens is 162 g/mol. The summed E-state index contributed by atoms with van der Waals surface area (Å²) in [6.45, 7) is 6.36. The fourth-order valence-electron chi connectivity index (χ4n) is 2.66. The van der Waals surface area contributed by atoms with E-state index in [9.17, 15) is 5.11 Å². The first-order valence-corrected chi connectivity index (χ1v) is 5.53. The topological polar surface area (TPSA) is 23.5 Å².